The summed E-state index contributed by atoms with van der Waals surface area (Å²) in [5.41, 5.74) is -0.773. The minimum Gasteiger partial charge on any atom is -0.481 e. The molecule has 1 N–H and O–H groups in total. The average Bonchev–Trinajstić information content (AvgIpc) is 2.87. The lowest BCUT2D eigenvalue weighted by molar-refractivity contribution is -0.139. The van der Waals surface area contributed by atoms with Gasteiger partial charge in [0.2, 0.25) is 11.7 Å². The van der Waals surface area contributed by atoms with Crippen molar-refractivity contribution in [3.8, 4) is 0 Å². The van der Waals surface area contributed by atoms with Crippen LogP contribution in [0.15, 0.2) is 4.52 Å². The Balaban J connectivity index is 1.87. The Hall–Kier alpha value is -1.43. The molecule has 1 aromatic rings. The third-order valence-corrected chi connectivity index (χ3v) is 5.01. The minimum atomic E-state index is -0.804. The summed E-state index contributed by atoms with van der Waals surface area (Å²) in [4.78, 5) is 15.7. The Morgan fingerprint density at radius 3 is 2.55 bits per heavy atom. The van der Waals surface area contributed by atoms with E-state index in [0.29, 0.717) is 11.7 Å². The van der Waals surface area contributed by atoms with Gasteiger partial charge in [-0.1, -0.05) is 19.0 Å². The number of aromatic nitrogens is 2. The van der Waals surface area contributed by atoms with Crippen molar-refractivity contribution in [1.82, 2.24) is 10.1 Å². The fourth-order valence-corrected chi connectivity index (χ4v) is 3.57. The highest BCUT2D eigenvalue weighted by Crippen LogP contribution is 2.64. The fraction of sp³-hybridized carbons (Fsp3) is 0.786. The van der Waals surface area contributed by atoms with Crippen LogP contribution in [0.25, 0.3) is 0 Å². The lowest BCUT2D eigenvalue weighted by Crippen LogP contribution is -2.26. The van der Waals surface area contributed by atoms with Crippen molar-refractivity contribution >= 4 is 5.97 Å². The summed E-state index contributed by atoms with van der Waals surface area (Å²) in [7, 11) is 1.67. The van der Waals surface area contributed by atoms with Gasteiger partial charge < -0.3 is 14.4 Å². The first-order valence-corrected chi connectivity index (χ1v) is 7.04. The van der Waals surface area contributed by atoms with E-state index in [4.69, 9.17) is 9.26 Å². The second kappa shape index (κ2) is 4.28. The maximum Gasteiger partial charge on any atom is 0.307 e. The van der Waals surface area contributed by atoms with Crippen LogP contribution >= 0.6 is 0 Å². The number of carboxylic acids is 1. The first-order chi connectivity index (χ1) is 9.42. The molecule has 2 aliphatic rings. The van der Waals surface area contributed by atoms with Gasteiger partial charge in [-0.05, 0) is 31.1 Å². The van der Waals surface area contributed by atoms with Crippen molar-refractivity contribution in [3.05, 3.63) is 11.7 Å². The first-order valence-electron chi connectivity index (χ1n) is 7.04. The van der Waals surface area contributed by atoms with Crippen LogP contribution in [-0.2, 0) is 15.1 Å². The molecular formula is C14H20N2O4. The Morgan fingerprint density at radius 2 is 2.05 bits per heavy atom. The number of rotatable bonds is 4. The van der Waals surface area contributed by atoms with E-state index in [1.165, 1.54) is 0 Å². The van der Waals surface area contributed by atoms with Crippen molar-refractivity contribution in [2.24, 2.45) is 11.3 Å². The van der Waals surface area contributed by atoms with Crippen LogP contribution < -0.4 is 0 Å². The van der Waals surface area contributed by atoms with Gasteiger partial charge in [0.1, 0.15) is 5.60 Å². The largest absolute Gasteiger partial charge is 0.481 e. The summed E-state index contributed by atoms with van der Waals surface area (Å²) in [6.45, 7) is 3.84. The summed E-state index contributed by atoms with van der Waals surface area (Å²) in [5, 5.41) is 13.3. The number of hydrogen-bond acceptors (Lipinski definition) is 5. The van der Waals surface area contributed by atoms with E-state index < -0.39 is 17.5 Å². The van der Waals surface area contributed by atoms with E-state index in [9.17, 15) is 9.90 Å². The number of aliphatic carboxylic acids is 1. The third kappa shape index (κ3) is 1.78. The molecule has 2 atom stereocenters. The summed E-state index contributed by atoms with van der Waals surface area (Å²) in [5.74, 6) is -0.448. The molecule has 1 aromatic heterocycles. The zero-order chi connectivity index (χ0) is 14.5. The highest BCUT2D eigenvalue weighted by molar-refractivity contribution is 5.77. The van der Waals surface area contributed by atoms with Gasteiger partial charge in [-0.3, -0.25) is 4.79 Å². The molecule has 0 amide bonds. The third-order valence-electron chi connectivity index (χ3n) is 5.01. The molecule has 0 saturated heterocycles. The van der Waals surface area contributed by atoms with E-state index >= 15 is 0 Å². The van der Waals surface area contributed by atoms with Crippen LogP contribution in [0.4, 0.5) is 0 Å². The molecular weight excluding hydrogens is 260 g/mol. The first kappa shape index (κ1) is 13.5. The Morgan fingerprint density at radius 1 is 1.40 bits per heavy atom. The molecule has 2 unspecified atom stereocenters. The number of hydrogen-bond donors (Lipinski definition) is 1. The summed E-state index contributed by atoms with van der Waals surface area (Å²) in [6, 6.07) is 0. The second-order valence-electron chi connectivity index (χ2n) is 6.48. The molecule has 0 spiro atoms. The van der Waals surface area contributed by atoms with Gasteiger partial charge in [0.05, 0.1) is 11.8 Å². The average molecular weight is 280 g/mol. The van der Waals surface area contributed by atoms with Crippen LogP contribution in [0.3, 0.4) is 0 Å². The van der Waals surface area contributed by atoms with Crippen LogP contribution in [0.5, 0.6) is 0 Å². The maximum absolute atomic E-state index is 11.2. The summed E-state index contributed by atoms with van der Waals surface area (Å²) >= 11 is 0. The van der Waals surface area contributed by atoms with Gasteiger partial charge >= 0.3 is 5.97 Å². The van der Waals surface area contributed by atoms with Gasteiger partial charge in [0, 0.05) is 7.11 Å². The smallest absolute Gasteiger partial charge is 0.307 e. The normalized spacial score (nSPS) is 30.4. The summed E-state index contributed by atoms with van der Waals surface area (Å²) < 4.78 is 11.0. The van der Waals surface area contributed by atoms with Crippen LogP contribution in [0, 0.1) is 11.3 Å². The molecule has 2 aliphatic carbocycles. The van der Waals surface area contributed by atoms with Gasteiger partial charge in [-0.15, -0.1) is 0 Å². The number of carbonyl (C=O) groups is 1. The minimum absolute atomic E-state index is 0.198. The van der Waals surface area contributed by atoms with E-state index in [1.54, 1.807) is 7.11 Å². The van der Waals surface area contributed by atoms with Gasteiger partial charge in [-0.2, -0.15) is 4.98 Å². The second-order valence-corrected chi connectivity index (χ2v) is 6.48. The topological polar surface area (TPSA) is 85.5 Å². The Labute approximate surface area is 117 Å². The lowest BCUT2D eigenvalue weighted by atomic mass is 10.0. The molecule has 2 saturated carbocycles. The highest BCUT2D eigenvalue weighted by atomic mass is 16.5. The van der Waals surface area contributed by atoms with Crippen LogP contribution in [0.2, 0.25) is 0 Å². The lowest BCUT2D eigenvalue weighted by Gasteiger charge is -2.22. The zero-order valence-corrected chi connectivity index (χ0v) is 12.0. The van der Waals surface area contributed by atoms with Gasteiger partial charge in [-0.25, -0.2) is 0 Å². The predicted octanol–water partition coefficient (Wildman–Crippen LogP) is 2.31. The predicted molar refractivity (Wildman–Crippen MR) is 69.1 cm³/mol. The molecule has 20 heavy (non-hydrogen) atoms. The molecule has 0 radical (unpaired) electrons. The van der Waals surface area contributed by atoms with Crippen LogP contribution in [0.1, 0.15) is 57.2 Å². The molecule has 0 bridgehead atoms. The molecule has 6 heteroatoms. The van der Waals surface area contributed by atoms with E-state index in [1.807, 2.05) is 13.8 Å². The zero-order valence-electron chi connectivity index (χ0n) is 12.0. The van der Waals surface area contributed by atoms with Crippen molar-refractivity contribution in [1.29, 1.82) is 0 Å². The number of nitrogens with zero attached hydrogens (tertiary/aromatic N) is 2. The monoisotopic (exact) mass is 280 g/mol. The maximum atomic E-state index is 11.2. The van der Waals surface area contributed by atoms with Gasteiger partial charge in [0.25, 0.3) is 0 Å². The SMILES string of the molecule is COC1(c2noc(C3C(C(=O)O)C3(C)C)n2)CCCC1. The molecule has 0 aliphatic heterocycles. The van der Waals surface area contributed by atoms with Crippen molar-refractivity contribution in [2.75, 3.05) is 7.11 Å². The number of ether oxygens (including phenoxy) is 1. The summed E-state index contributed by atoms with van der Waals surface area (Å²) in [6.07, 6.45) is 3.95. The highest BCUT2D eigenvalue weighted by Gasteiger charge is 2.65. The van der Waals surface area contributed by atoms with Crippen LogP contribution in [-0.4, -0.2) is 28.3 Å². The van der Waals surface area contributed by atoms with E-state index in [0.717, 1.165) is 25.7 Å². The quantitative estimate of drug-likeness (QED) is 0.910. The Bertz CT molecular complexity index is 531. The number of methoxy groups -OCH3 is 1. The molecule has 3 rings (SSSR count). The standard InChI is InChI=1S/C14H20N2O4/c1-13(2)8(9(13)11(17)18)10-15-12(16-20-10)14(19-3)6-4-5-7-14/h8-9H,4-7H2,1-3H3,(H,17,18). The van der Waals surface area contributed by atoms with E-state index in [-0.39, 0.29) is 11.3 Å². The fourth-order valence-electron chi connectivity index (χ4n) is 3.57. The van der Waals surface area contributed by atoms with Crippen molar-refractivity contribution < 1.29 is 19.2 Å². The van der Waals surface area contributed by atoms with Crippen molar-refractivity contribution in [2.45, 2.75) is 51.0 Å². The molecule has 6 nitrogen and oxygen atoms in total. The van der Waals surface area contributed by atoms with Gasteiger partial charge in [0.15, 0.2) is 0 Å². The molecule has 1 heterocycles. The van der Waals surface area contributed by atoms with Crippen molar-refractivity contribution in [3.63, 3.8) is 0 Å². The molecule has 2 fully saturated rings. The Kier molecular flexibility index (Phi) is 2.90. The molecule has 0 aromatic carbocycles. The molecule has 110 valence electrons. The van der Waals surface area contributed by atoms with E-state index in [2.05, 4.69) is 10.1 Å². The number of carboxylic acid groups (broad SMARTS) is 1.